The van der Waals surface area contributed by atoms with Crippen LogP contribution in [0.1, 0.15) is 23.0 Å². The number of hydrogen-bond acceptors (Lipinski definition) is 3. The average Bonchev–Trinajstić information content (AvgIpc) is 2.64. The molecular formula is C8H7F5N2O2. The number of carbonyl (C=O) groups excluding carboxylic acids is 1. The summed E-state index contributed by atoms with van der Waals surface area (Å²) >= 11 is 0. The first-order valence-electron chi connectivity index (χ1n) is 4.37. The van der Waals surface area contributed by atoms with E-state index in [1.165, 1.54) is 6.92 Å². The molecule has 0 aliphatic carbocycles. The van der Waals surface area contributed by atoms with Crippen molar-refractivity contribution in [2.45, 2.75) is 19.0 Å². The predicted octanol–water partition coefficient (Wildman–Crippen LogP) is 2.24. The molecular weight excluding hydrogens is 251 g/mol. The lowest BCUT2D eigenvalue weighted by Gasteiger charge is -2.18. The molecule has 0 saturated carbocycles. The Morgan fingerprint density at radius 3 is 2.47 bits per heavy atom. The third kappa shape index (κ3) is 2.37. The van der Waals surface area contributed by atoms with Gasteiger partial charge in [-0.15, -0.1) is 0 Å². The van der Waals surface area contributed by atoms with E-state index in [4.69, 9.17) is 0 Å². The van der Waals surface area contributed by atoms with Gasteiger partial charge in [-0.05, 0) is 6.92 Å². The molecule has 1 rings (SSSR count). The van der Waals surface area contributed by atoms with Gasteiger partial charge in [0.2, 0.25) is 0 Å². The van der Waals surface area contributed by atoms with Gasteiger partial charge in [0.1, 0.15) is 5.56 Å². The molecule has 0 fully saturated rings. The van der Waals surface area contributed by atoms with Gasteiger partial charge >= 0.3 is 18.1 Å². The fraction of sp³-hybridized carbons (Fsp3) is 0.500. The van der Waals surface area contributed by atoms with E-state index in [1.807, 2.05) is 0 Å². The van der Waals surface area contributed by atoms with E-state index in [0.29, 0.717) is 6.20 Å². The van der Waals surface area contributed by atoms with Crippen molar-refractivity contribution in [1.82, 2.24) is 10.2 Å². The molecule has 0 atom stereocenters. The summed E-state index contributed by atoms with van der Waals surface area (Å²) in [7, 11) is 0. The normalized spacial score (nSPS) is 12.6. The molecule has 96 valence electrons. The van der Waals surface area contributed by atoms with Crippen molar-refractivity contribution in [1.29, 1.82) is 0 Å². The molecule has 0 spiro atoms. The van der Waals surface area contributed by atoms with Gasteiger partial charge in [-0.3, -0.25) is 5.10 Å². The lowest BCUT2D eigenvalue weighted by molar-refractivity contribution is -0.291. The van der Waals surface area contributed by atoms with Crippen molar-refractivity contribution in [2.24, 2.45) is 0 Å². The Labute approximate surface area is 91.8 Å². The monoisotopic (exact) mass is 258 g/mol. The Bertz CT molecular complexity index is 412. The molecule has 9 heteroatoms. The molecule has 1 N–H and O–H groups in total. The maximum absolute atomic E-state index is 12.9. The number of aromatic nitrogens is 2. The topological polar surface area (TPSA) is 55.0 Å². The quantitative estimate of drug-likeness (QED) is 0.668. The smallest absolute Gasteiger partial charge is 0.459 e. The highest BCUT2D eigenvalue weighted by Crippen LogP contribution is 2.44. The highest BCUT2D eigenvalue weighted by molar-refractivity contribution is 5.90. The van der Waals surface area contributed by atoms with Crippen LogP contribution in [0.4, 0.5) is 22.0 Å². The second-order valence-corrected chi connectivity index (χ2v) is 2.94. The molecule has 0 radical (unpaired) electrons. The van der Waals surface area contributed by atoms with Crippen LogP contribution in [0, 0.1) is 0 Å². The number of carbonyl (C=O) groups is 1. The minimum atomic E-state index is -5.83. The molecule has 0 aliphatic rings. The Kier molecular flexibility index (Phi) is 3.39. The largest absolute Gasteiger partial charge is 0.462 e. The number of rotatable bonds is 3. The number of esters is 1. The van der Waals surface area contributed by atoms with Crippen LogP contribution in [0.25, 0.3) is 0 Å². The van der Waals surface area contributed by atoms with Crippen LogP contribution in [0.5, 0.6) is 0 Å². The van der Waals surface area contributed by atoms with Crippen LogP contribution < -0.4 is 0 Å². The zero-order valence-electron chi connectivity index (χ0n) is 8.44. The van der Waals surface area contributed by atoms with Crippen molar-refractivity contribution < 1.29 is 31.5 Å². The third-order valence-electron chi connectivity index (χ3n) is 1.79. The van der Waals surface area contributed by atoms with Gasteiger partial charge in [0.25, 0.3) is 0 Å². The molecule has 0 saturated heterocycles. The van der Waals surface area contributed by atoms with Gasteiger partial charge in [-0.1, -0.05) is 0 Å². The summed E-state index contributed by atoms with van der Waals surface area (Å²) < 4.78 is 66.4. The van der Waals surface area contributed by atoms with Gasteiger partial charge in [0.05, 0.1) is 6.61 Å². The number of H-pyrrole nitrogens is 1. The number of nitrogens with one attached hydrogen (secondary N) is 1. The van der Waals surface area contributed by atoms with E-state index in [1.54, 1.807) is 5.10 Å². The summed E-state index contributed by atoms with van der Waals surface area (Å²) in [6, 6.07) is 0. The van der Waals surface area contributed by atoms with E-state index in [2.05, 4.69) is 9.84 Å². The van der Waals surface area contributed by atoms with E-state index >= 15 is 0 Å². The van der Waals surface area contributed by atoms with E-state index in [9.17, 15) is 26.7 Å². The van der Waals surface area contributed by atoms with E-state index < -0.39 is 29.3 Å². The van der Waals surface area contributed by atoms with Crippen molar-refractivity contribution in [3.8, 4) is 0 Å². The van der Waals surface area contributed by atoms with E-state index in [0.717, 1.165) is 0 Å². The van der Waals surface area contributed by atoms with Crippen molar-refractivity contribution in [3.63, 3.8) is 0 Å². The summed E-state index contributed by atoms with van der Waals surface area (Å²) in [5.74, 6) is -6.50. The first-order chi connectivity index (χ1) is 7.71. The van der Waals surface area contributed by atoms with Crippen LogP contribution >= 0.6 is 0 Å². The zero-order chi connectivity index (χ0) is 13.3. The molecule has 17 heavy (non-hydrogen) atoms. The molecule has 0 unspecified atom stereocenters. The predicted molar refractivity (Wildman–Crippen MR) is 44.5 cm³/mol. The first kappa shape index (κ1) is 13.4. The van der Waals surface area contributed by atoms with Gasteiger partial charge in [-0.2, -0.15) is 27.1 Å². The fourth-order valence-corrected chi connectivity index (χ4v) is 1.03. The molecule has 1 aromatic rings. The van der Waals surface area contributed by atoms with Crippen LogP contribution in [0.3, 0.4) is 0 Å². The summed E-state index contributed by atoms with van der Waals surface area (Å²) in [4.78, 5) is 11.1. The minimum Gasteiger partial charge on any atom is -0.462 e. The SMILES string of the molecule is CCOC(=O)c1c[nH]nc1C(F)(F)C(F)(F)F. The highest BCUT2D eigenvalue weighted by atomic mass is 19.4. The maximum Gasteiger partial charge on any atom is 0.459 e. The van der Waals surface area contributed by atoms with Crippen LogP contribution in [-0.2, 0) is 10.7 Å². The molecule has 0 aromatic carbocycles. The van der Waals surface area contributed by atoms with E-state index in [-0.39, 0.29) is 6.61 Å². The van der Waals surface area contributed by atoms with Gasteiger partial charge in [0, 0.05) is 6.20 Å². The average molecular weight is 258 g/mol. The Morgan fingerprint density at radius 1 is 1.41 bits per heavy atom. The van der Waals surface area contributed by atoms with Gasteiger partial charge < -0.3 is 4.74 Å². The maximum atomic E-state index is 12.9. The third-order valence-corrected chi connectivity index (χ3v) is 1.79. The second kappa shape index (κ2) is 4.30. The number of ether oxygens (including phenoxy) is 1. The summed E-state index contributed by atoms with van der Waals surface area (Å²) in [6.07, 6.45) is -5.20. The standard InChI is InChI=1S/C8H7F5N2O2/c1-2-17-6(16)4-3-14-15-5(4)7(9,10)8(11,12)13/h3H,2H2,1H3,(H,14,15). The second-order valence-electron chi connectivity index (χ2n) is 2.94. The Morgan fingerprint density at radius 2 is 2.00 bits per heavy atom. The Balaban J connectivity index is 3.16. The lowest BCUT2D eigenvalue weighted by atomic mass is 10.1. The summed E-state index contributed by atoms with van der Waals surface area (Å²) in [5, 5.41) is 4.55. The fourth-order valence-electron chi connectivity index (χ4n) is 1.03. The molecule has 0 amide bonds. The van der Waals surface area contributed by atoms with Gasteiger partial charge in [-0.25, -0.2) is 4.79 Å². The molecule has 1 heterocycles. The first-order valence-corrected chi connectivity index (χ1v) is 4.37. The molecule has 1 aromatic heterocycles. The van der Waals surface area contributed by atoms with Crippen molar-refractivity contribution >= 4 is 5.97 Å². The molecule has 4 nitrogen and oxygen atoms in total. The number of nitrogens with zero attached hydrogens (tertiary/aromatic N) is 1. The summed E-state index contributed by atoms with van der Waals surface area (Å²) in [6.45, 7) is 1.24. The van der Waals surface area contributed by atoms with Crippen LogP contribution in [0.2, 0.25) is 0 Å². The molecule has 0 bridgehead atoms. The number of aromatic amines is 1. The number of alkyl halides is 5. The molecule has 0 aliphatic heterocycles. The lowest BCUT2D eigenvalue weighted by Crippen LogP contribution is -2.35. The zero-order valence-corrected chi connectivity index (χ0v) is 8.44. The number of halogens is 5. The summed E-state index contributed by atoms with van der Waals surface area (Å²) in [5.41, 5.74) is -2.63. The van der Waals surface area contributed by atoms with Crippen LogP contribution in [-0.4, -0.2) is 28.9 Å². The van der Waals surface area contributed by atoms with Crippen molar-refractivity contribution in [2.75, 3.05) is 6.61 Å². The Hall–Kier alpha value is -1.67. The van der Waals surface area contributed by atoms with Crippen LogP contribution in [0.15, 0.2) is 6.20 Å². The van der Waals surface area contributed by atoms with Gasteiger partial charge in [0.15, 0.2) is 5.69 Å². The minimum absolute atomic E-state index is 0.152. The van der Waals surface area contributed by atoms with Crippen molar-refractivity contribution in [3.05, 3.63) is 17.5 Å². The highest BCUT2D eigenvalue weighted by Gasteiger charge is 2.61. The number of hydrogen-bond donors (Lipinski definition) is 1.